The first-order chi connectivity index (χ1) is 6.50. The number of ether oxygens (including phenoxy) is 1. The van der Waals surface area contributed by atoms with Crippen LogP contribution in [0.5, 0.6) is 0 Å². The van der Waals surface area contributed by atoms with Gasteiger partial charge in [-0.25, -0.2) is 0 Å². The summed E-state index contributed by atoms with van der Waals surface area (Å²) in [5, 5.41) is 0. The van der Waals surface area contributed by atoms with Gasteiger partial charge >= 0.3 is 5.97 Å². The second-order valence-corrected chi connectivity index (χ2v) is 11.1. The Labute approximate surface area is 87.0 Å². The van der Waals surface area contributed by atoms with Crippen LogP contribution in [-0.4, -0.2) is 20.1 Å². The smallest absolute Gasteiger partial charge is 0.306 e. The molecule has 1 heterocycles. The molecule has 0 N–H and O–H groups in total. The molecule has 14 heavy (non-hydrogen) atoms. The minimum Gasteiger partial charge on any atom is -0.462 e. The van der Waals surface area contributed by atoms with Crippen molar-refractivity contribution in [1.29, 1.82) is 0 Å². The number of hydrogen-bond donors (Lipinski definition) is 0. The summed E-state index contributed by atoms with van der Waals surface area (Å²) >= 11 is 0. The summed E-state index contributed by atoms with van der Waals surface area (Å²) in [4.78, 5) is 11.8. The highest BCUT2D eigenvalue weighted by molar-refractivity contribution is 6.80. The quantitative estimate of drug-likeness (QED) is 0.493. The fraction of sp³-hybridized carbons (Fsp3) is 0.909. The van der Waals surface area contributed by atoms with E-state index in [4.69, 9.17) is 4.74 Å². The van der Waals surface area contributed by atoms with E-state index < -0.39 is 8.07 Å². The van der Waals surface area contributed by atoms with E-state index in [-0.39, 0.29) is 17.6 Å². The fourth-order valence-electron chi connectivity index (χ4n) is 3.05. The molecular weight excluding hydrogens is 192 g/mol. The Bertz CT molecular complexity index is 244. The van der Waals surface area contributed by atoms with E-state index >= 15 is 0 Å². The van der Waals surface area contributed by atoms with Gasteiger partial charge in [-0.15, -0.1) is 0 Å². The summed E-state index contributed by atoms with van der Waals surface area (Å²) in [5.74, 6) is 0.670. The minimum atomic E-state index is -1.37. The lowest BCUT2D eigenvalue weighted by Gasteiger charge is -2.30. The number of carbonyl (C=O) groups excluding carboxylic acids is 1. The van der Waals surface area contributed by atoms with Crippen LogP contribution in [0.1, 0.15) is 25.7 Å². The van der Waals surface area contributed by atoms with Gasteiger partial charge < -0.3 is 4.74 Å². The van der Waals surface area contributed by atoms with Crippen molar-refractivity contribution in [2.75, 3.05) is 0 Å². The highest BCUT2D eigenvalue weighted by atomic mass is 28.3. The zero-order chi connectivity index (χ0) is 10.3. The fourth-order valence-corrected chi connectivity index (χ4v) is 5.49. The van der Waals surface area contributed by atoms with E-state index in [2.05, 4.69) is 19.6 Å². The minimum absolute atomic E-state index is 0.112. The molecular formula is C11H20O2Si. The zero-order valence-corrected chi connectivity index (χ0v) is 10.4. The highest BCUT2D eigenvalue weighted by Gasteiger charge is 2.50. The molecule has 0 aromatic rings. The second-order valence-electron chi connectivity index (χ2n) is 5.77. The zero-order valence-electron chi connectivity index (χ0n) is 9.38. The average molecular weight is 212 g/mol. The van der Waals surface area contributed by atoms with Gasteiger partial charge in [0.25, 0.3) is 0 Å². The maximum Gasteiger partial charge on any atom is 0.306 e. The summed E-state index contributed by atoms with van der Waals surface area (Å²) in [6.07, 6.45) is 5.13. The molecule has 2 aliphatic rings. The lowest BCUT2D eigenvalue weighted by molar-refractivity contribution is -0.142. The first kappa shape index (κ1) is 10.2. The van der Waals surface area contributed by atoms with Crippen LogP contribution in [0.4, 0.5) is 0 Å². The lowest BCUT2D eigenvalue weighted by atomic mass is 9.86. The SMILES string of the molecule is C[Si](C)(C)[C@H]1C(=O)O[C@H]2CCCC[C@@H]21. The van der Waals surface area contributed by atoms with Crippen LogP contribution in [-0.2, 0) is 9.53 Å². The molecule has 1 saturated heterocycles. The van der Waals surface area contributed by atoms with Crippen LogP contribution in [0.2, 0.25) is 25.2 Å². The molecule has 0 unspecified atom stereocenters. The molecule has 0 radical (unpaired) electrons. The second kappa shape index (κ2) is 3.37. The van der Waals surface area contributed by atoms with Crippen molar-refractivity contribution in [3.8, 4) is 0 Å². The van der Waals surface area contributed by atoms with Gasteiger partial charge in [-0.05, 0) is 19.3 Å². The van der Waals surface area contributed by atoms with Gasteiger partial charge in [0.2, 0.25) is 0 Å². The van der Waals surface area contributed by atoms with E-state index in [1.807, 2.05) is 0 Å². The summed E-state index contributed by atoms with van der Waals surface area (Å²) in [5.41, 5.74) is 0.271. The molecule has 2 rings (SSSR count). The van der Waals surface area contributed by atoms with Crippen molar-refractivity contribution < 1.29 is 9.53 Å². The molecule has 2 nitrogen and oxygen atoms in total. The Morgan fingerprint density at radius 2 is 1.86 bits per heavy atom. The first-order valence-electron chi connectivity index (χ1n) is 5.70. The Morgan fingerprint density at radius 3 is 2.50 bits per heavy atom. The van der Waals surface area contributed by atoms with E-state index in [9.17, 15) is 4.79 Å². The predicted molar refractivity (Wildman–Crippen MR) is 58.9 cm³/mol. The van der Waals surface area contributed by atoms with Crippen molar-refractivity contribution in [3.63, 3.8) is 0 Å². The van der Waals surface area contributed by atoms with Gasteiger partial charge in [0.1, 0.15) is 6.10 Å². The van der Waals surface area contributed by atoms with E-state index in [0.29, 0.717) is 5.92 Å². The Hall–Kier alpha value is -0.313. The van der Waals surface area contributed by atoms with Gasteiger partial charge in [-0.2, -0.15) is 0 Å². The van der Waals surface area contributed by atoms with E-state index in [1.54, 1.807) is 0 Å². The Kier molecular flexibility index (Phi) is 2.46. The van der Waals surface area contributed by atoms with Gasteiger partial charge in [0.15, 0.2) is 0 Å². The van der Waals surface area contributed by atoms with Crippen molar-refractivity contribution >= 4 is 14.0 Å². The highest BCUT2D eigenvalue weighted by Crippen LogP contribution is 2.46. The molecule has 3 atom stereocenters. The predicted octanol–water partition coefficient (Wildman–Crippen LogP) is 2.81. The Balaban J connectivity index is 2.20. The summed E-state index contributed by atoms with van der Waals surface area (Å²) < 4.78 is 5.50. The van der Waals surface area contributed by atoms with Crippen LogP contribution in [0.25, 0.3) is 0 Å². The standard InChI is InChI=1S/C11H20O2Si/c1-14(2,3)10-8-6-4-5-7-9(8)13-11(10)12/h8-10H,4-7H2,1-3H3/t8-,9-,10+/m0/s1. The molecule has 1 saturated carbocycles. The van der Waals surface area contributed by atoms with Crippen molar-refractivity contribution in [3.05, 3.63) is 0 Å². The van der Waals surface area contributed by atoms with Gasteiger partial charge in [0.05, 0.1) is 13.6 Å². The van der Waals surface area contributed by atoms with Gasteiger partial charge in [-0.3, -0.25) is 4.79 Å². The number of fused-ring (bicyclic) bond motifs is 1. The molecule has 80 valence electrons. The summed E-state index contributed by atoms with van der Waals surface area (Å²) in [7, 11) is -1.37. The average Bonchev–Trinajstić information content (AvgIpc) is 2.38. The monoisotopic (exact) mass is 212 g/mol. The Morgan fingerprint density at radius 1 is 1.21 bits per heavy atom. The van der Waals surface area contributed by atoms with Crippen LogP contribution < -0.4 is 0 Å². The van der Waals surface area contributed by atoms with Crippen LogP contribution >= 0.6 is 0 Å². The topological polar surface area (TPSA) is 26.3 Å². The molecule has 3 heteroatoms. The van der Waals surface area contributed by atoms with Crippen molar-refractivity contribution in [2.45, 2.75) is 57.0 Å². The van der Waals surface area contributed by atoms with Crippen molar-refractivity contribution in [1.82, 2.24) is 0 Å². The normalized spacial score (nSPS) is 37.9. The maximum atomic E-state index is 11.8. The first-order valence-corrected chi connectivity index (χ1v) is 9.28. The third-order valence-electron chi connectivity index (χ3n) is 3.64. The molecule has 0 bridgehead atoms. The molecule has 1 aliphatic carbocycles. The number of rotatable bonds is 1. The number of esters is 1. The third kappa shape index (κ3) is 1.62. The van der Waals surface area contributed by atoms with E-state index in [0.717, 1.165) is 6.42 Å². The summed E-state index contributed by atoms with van der Waals surface area (Å²) in [6, 6.07) is 0. The van der Waals surface area contributed by atoms with Gasteiger partial charge in [0, 0.05) is 5.92 Å². The summed E-state index contributed by atoms with van der Waals surface area (Å²) in [6.45, 7) is 6.86. The maximum absolute atomic E-state index is 11.8. The number of carbonyl (C=O) groups is 1. The molecule has 0 spiro atoms. The molecule has 0 amide bonds. The van der Waals surface area contributed by atoms with Crippen LogP contribution in [0.15, 0.2) is 0 Å². The van der Waals surface area contributed by atoms with Gasteiger partial charge in [-0.1, -0.05) is 26.1 Å². The van der Waals surface area contributed by atoms with Crippen molar-refractivity contribution in [2.24, 2.45) is 5.92 Å². The van der Waals surface area contributed by atoms with E-state index in [1.165, 1.54) is 19.3 Å². The number of hydrogen-bond acceptors (Lipinski definition) is 2. The van der Waals surface area contributed by atoms with Crippen LogP contribution in [0.3, 0.4) is 0 Å². The lowest BCUT2D eigenvalue weighted by Crippen LogP contribution is -2.36. The molecule has 1 aliphatic heterocycles. The third-order valence-corrected chi connectivity index (χ3v) is 6.17. The largest absolute Gasteiger partial charge is 0.462 e. The molecule has 0 aromatic heterocycles. The molecule has 2 fully saturated rings. The van der Waals surface area contributed by atoms with Crippen LogP contribution in [0, 0.1) is 5.92 Å². The molecule has 0 aromatic carbocycles.